The SMILES string of the molecule is CC(C)(C)C(=O)COc1cc(Cl)cc(Cl)c1. The van der Waals surface area contributed by atoms with E-state index in [0.717, 1.165) is 0 Å². The van der Waals surface area contributed by atoms with Crippen molar-refractivity contribution in [2.75, 3.05) is 6.61 Å². The van der Waals surface area contributed by atoms with Gasteiger partial charge in [-0.05, 0) is 18.2 Å². The molecule has 4 heteroatoms. The second kappa shape index (κ2) is 5.07. The number of rotatable bonds is 3. The largest absolute Gasteiger partial charge is 0.486 e. The van der Waals surface area contributed by atoms with Crippen LogP contribution in [-0.2, 0) is 4.79 Å². The van der Waals surface area contributed by atoms with Gasteiger partial charge in [-0.2, -0.15) is 0 Å². The third-order valence-corrected chi connectivity index (χ3v) is 2.48. The second-order valence-electron chi connectivity index (χ2n) is 4.57. The molecule has 0 aliphatic heterocycles. The number of ketones is 1. The van der Waals surface area contributed by atoms with Gasteiger partial charge in [0, 0.05) is 15.5 Å². The van der Waals surface area contributed by atoms with Crippen molar-refractivity contribution >= 4 is 29.0 Å². The van der Waals surface area contributed by atoms with E-state index in [4.69, 9.17) is 27.9 Å². The molecule has 0 aliphatic rings. The van der Waals surface area contributed by atoms with E-state index in [9.17, 15) is 4.79 Å². The van der Waals surface area contributed by atoms with Crippen molar-refractivity contribution in [3.63, 3.8) is 0 Å². The molecule has 0 spiro atoms. The zero-order chi connectivity index (χ0) is 12.3. The number of halogens is 2. The van der Waals surface area contributed by atoms with Crippen LogP contribution in [-0.4, -0.2) is 12.4 Å². The molecule has 0 amide bonds. The number of carbonyl (C=O) groups excluding carboxylic acids is 1. The van der Waals surface area contributed by atoms with Gasteiger partial charge in [-0.3, -0.25) is 4.79 Å². The number of carbonyl (C=O) groups is 1. The quantitative estimate of drug-likeness (QED) is 0.822. The Hall–Kier alpha value is -0.730. The number of benzene rings is 1. The Morgan fingerprint density at radius 2 is 1.69 bits per heavy atom. The van der Waals surface area contributed by atoms with E-state index < -0.39 is 5.41 Å². The van der Waals surface area contributed by atoms with Crippen molar-refractivity contribution in [1.29, 1.82) is 0 Å². The van der Waals surface area contributed by atoms with Crippen molar-refractivity contribution in [3.8, 4) is 5.75 Å². The standard InChI is InChI=1S/C12H14Cl2O2/c1-12(2,3)11(15)7-16-10-5-8(13)4-9(14)6-10/h4-6H,7H2,1-3H3. The van der Waals surface area contributed by atoms with Gasteiger partial charge in [0.05, 0.1) is 0 Å². The lowest BCUT2D eigenvalue weighted by molar-refractivity contribution is -0.128. The molecule has 0 N–H and O–H groups in total. The van der Waals surface area contributed by atoms with Gasteiger partial charge in [-0.15, -0.1) is 0 Å². The lowest BCUT2D eigenvalue weighted by atomic mass is 9.91. The summed E-state index contributed by atoms with van der Waals surface area (Å²) in [7, 11) is 0. The maximum Gasteiger partial charge on any atom is 0.175 e. The fraction of sp³-hybridized carbons (Fsp3) is 0.417. The Balaban J connectivity index is 2.65. The van der Waals surface area contributed by atoms with Crippen molar-refractivity contribution < 1.29 is 9.53 Å². The molecule has 0 aliphatic carbocycles. The highest BCUT2D eigenvalue weighted by atomic mass is 35.5. The van der Waals surface area contributed by atoms with Gasteiger partial charge in [-0.25, -0.2) is 0 Å². The van der Waals surface area contributed by atoms with E-state index in [-0.39, 0.29) is 12.4 Å². The fourth-order valence-electron chi connectivity index (χ4n) is 0.977. The van der Waals surface area contributed by atoms with Gasteiger partial charge < -0.3 is 4.74 Å². The molecule has 2 nitrogen and oxygen atoms in total. The van der Waals surface area contributed by atoms with Gasteiger partial charge in [0.2, 0.25) is 0 Å². The molecule has 0 unspecified atom stereocenters. The first-order valence-corrected chi connectivity index (χ1v) is 5.67. The molecule has 1 aromatic rings. The molecule has 0 atom stereocenters. The van der Waals surface area contributed by atoms with E-state index in [1.54, 1.807) is 18.2 Å². The third kappa shape index (κ3) is 4.03. The van der Waals surface area contributed by atoms with Crippen LogP contribution in [0.2, 0.25) is 10.0 Å². The van der Waals surface area contributed by atoms with E-state index in [1.807, 2.05) is 20.8 Å². The average molecular weight is 261 g/mol. The van der Waals surface area contributed by atoms with Crippen LogP contribution in [0.15, 0.2) is 18.2 Å². The van der Waals surface area contributed by atoms with Crippen LogP contribution in [0.5, 0.6) is 5.75 Å². The summed E-state index contributed by atoms with van der Waals surface area (Å²) in [4.78, 5) is 11.6. The van der Waals surface area contributed by atoms with E-state index in [0.29, 0.717) is 15.8 Å². The minimum Gasteiger partial charge on any atom is -0.486 e. The highest BCUT2D eigenvalue weighted by molar-refractivity contribution is 6.34. The highest BCUT2D eigenvalue weighted by Gasteiger charge is 2.21. The summed E-state index contributed by atoms with van der Waals surface area (Å²) < 4.78 is 5.34. The number of hydrogen-bond donors (Lipinski definition) is 0. The van der Waals surface area contributed by atoms with Gasteiger partial charge in [0.1, 0.15) is 12.4 Å². The third-order valence-electron chi connectivity index (χ3n) is 2.04. The first-order valence-electron chi connectivity index (χ1n) is 4.91. The summed E-state index contributed by atoms with van der Waals surface area (Å²) in [6.45, 7) is 5.58. The number of ether oxygens (including phenoxy) is 1. The molecule has 0 fully saturated rings. The molecule has 1 aromatic carbocycles. The van der Waals surface area contributed by atoms with Gasteiger partial charge >= 0.3 is 0 Å². The summed E-state index contributed by atoms with van der Waals surface area (Å²) >= 11 is 11.6. The molecule has 16 heavy (non-hydrogen) atoms. The van der Waals surface area contributed by atoms with Crippen LogP contribution in [0, 0.1) is 5.41 Å². The van der Waals surface area contributed by atoms with Crippen molar-refractivity contribution in [2.45, 2.75) is 20.8 Å². The summed E-state index contributed by atoms with van der Waals surface area (Å²) in [5, 5.41) is 0.983. The number of hydrogen-bond acceptors (Lipinski definition) is 2. The number of Topliss-reactive ketones (excluding diaryl/α,β-unsaturated/α-hetero) is 1. The Kier molecular flexibility index (Phi) is 4.22. The minimum absolute atomic E-state index is 0.0279. The summed E-state index contributed by atoms with van der Waals surface area (Å²) in [5.74, 6) is 0.540. The summed E-state index contributed by atoms with van der Waals surface area (Å²) in [5.41, 5.74) is -0.400. The molecular formula is C12H14Cl2O2. The van der Waals surface area contributed by atoms with Crippen LogP contribution in [0.3, 0.4) is 0 Å². The molecule has 1 rings (SSSR count). The van der Waals surface area contributed by atoms with Crippen molar-refractivity contribution in [1.82, 2.24) is 0 Å². The zero-order valence-corrected chi connectivity index (χ0v) is 11.0. The highest BCUT2D eigenvalue weighted by Crippen LogP contribution is 2.24. The maximum atomic E-state index is 11.6. The lowest BCUT2D eigenvalue weighted by Crippen LogP contribution is -2.26. The maximum absolute atomic E-state index is 11.6. The van der Waals surface area contributed by atoms with Gasteiger partial charge in [0.25, 0.3) is 0 Å². The predicted molar refractivity (Wildman–Crippen MR) is 66.4 cm³/mol. The van der Waals surface area contributed by atoms with Crippen molar-refractivity contribution in [2.24, 2.45) is 5.41 Å². The normalized spacial score (nSPS) is 11.3. The molecule has 0 aromatic heterocycles. The van der Waals surface area contributed by atoms with Crippen LogP contribution in [0.4, 0.5) is 0 Å². The van der Waals surface area contributed by atoms with Crippen LogP contribution in [0.25, 0.3) is 0 Å². The Bertz CT molecular complexity index is 374. The minimum atomic E-state index is -0.400. The monoisotopic (exact) mass is 260 g/mol. The van der Waals surface area contributed by atoms with Crippen LogP contribution < -0.4 is 4.74 Å². The molecule has 0 saturated heterocycles. The smallest absolute Gasteiger partial charge is 0.175 e. The lowest BCUT2D eigenvalue weighted by Gasteiger charge is -2.16. The molecule has 0 heterocycles. The summed E-state index contributed by atoms with van der Waals surface area (Å²) in [6.07, 6.45) is 0. The summed E-state index contributed by atoms with van der Waals surface area (Å²) in [6, 6.07) is 4.87. The van der Waals surface area contributed by atoms with Crippen LogP contribution in [0.1, 0.15) is 20.8 Å². The van der Waals surface area contributed by atoms with Gasteiger partial charge in [0.15, 0.2) is 5.78 Å². The molecule has 0 bridgehead atoms. The average Bonchev–Trinajstić information content (AvgIpc) is 2.11. The Morgan fingerprint density at radius 3 is 2.12 bits per heavy atom. The Labute approximate surface area is 106 Å². The topological polar surface area (TPSA) is 26.3 Å². The molecular weight excluding hydrogens is 247 g/mol. The molecule has 0 saturated carbocycles. The predicted octanol–water partition coefficient (Wildman–Crippen LogP) is 3.99. The first-order chi connectivity index (χ1) is 7.29. The van der Waals surface area contributed by atoms with Crippen LogP contribution >= 0.6 is 23.2 Å². The Morgan fingerprint density at radius 1 is 1.19 bits per heavy atom. The van der Waals surface area contributed by atoms with E-state index >= 15 is 0 Å². The van der Waals surface area contributed by atoms with E-state index in [1.165, 1.54) is 0 Å². The van der Waals surface area contributed by atoms with Crippen molar-refractivity contribution in [3.05, 3.63) is 28.2 Å². The van der Waals surface area contributed by atoms with E-state index in [2.05, 4.69) is 0 Å². The first kappa shape index (κ1) is 13.3. The fourth-order valence-corrected chi connectivity index (χ4v) is 1.48. The second-order valence-corrected chi connectivity index (χ2v) is 5.44. The zero-order valence-electron chi connectivity index (χ0n) is 9.51. The molecule has 0 radical (unpaired) electrons. The van der Waals surface area contributed by atoms with Gasteiger partial charge in [-0.1, -0.05) is 44.0 Å². The molecule has 88 valence electrons.